The first kappa shape index (κ1) is 24.7. The van der Waals surface area contributed by atoms with Crippen LogP contribution in [0.1, 0.15) is 21.7 Å². The fourth-order valence-electron chi connectivity index (χ4n) is 3.43. The number of aromatic nitrogens is 2. The molecule has 0 N–H and O–H groups in total. The van der Waals surface area contributed by atoms with Gasteiger partial charge in [0.2, 0.25) is 5.13 Å². The van der Waals surface area contributed by atoms with Crippen molar-refractivity contribution in [2.45, 2.75) is 0 Å². The summed E-state index contributed by atoms with van der Waals surface area (Å²) in [5.41, 5.74) is 5.81. The number of benzene rings is 3. The molecule has 8 nitrogen and oxygen atoms in total. The molecule has 0 aliphatic heterocycles. The Hall–Kier alpha value is -4.37. The van der Waals surface area contributed by atoms with Crippen LogP contribution in [0.25, 0.3) is 11.6 Å². The summed E-state index contributed by atoms with van der Waals surface area (Å²) in [5.74, 6) is 0. The van der Waals surface area contributed by atoms with Crippen LogP contribution >= 0.6 is 11.3 Å². The van der Waals surface area contributed by atoms with Crippen molar-refractivity contribution in [2.75, 3.05) is 38.0 Å². The van der Waals surface area contributed by atoms with Gasteiger partial charge in [-0.3, -0.25) is 10.1 Å². The Morgan fingerprint density at radius 2 is 1.39 bits per heavy atom. The Bertz CT molecular complexity index is 1390. The maximum absolute atomic E-state index is 11.1. The molecule has 0 bridgehead atoms. The molecular formula is C27H26N6O2S. The van der Waals surface area contributed by atoms with Crippen molar-refractivity contribution in [2.24, 2.45) is 4.99 Å². The summed E-state index contributed by atoms with van der Waals surface area (Å²) in [7, 11) is 7.98. The Balaban J connectivity index is 1.66. The molecule has 36 heavy (non-hydrogen) atoms. The molecule has 1 aromatic heterocycles. The number of nitro benzene ring substituents is 1. The van der Waals surface area contributed by atoms with Crippen molar-refractivity contribution < 1.29 is 4.92 Å². The number of nitro groups is 1. The quantitative estimate of drug-likeness (QED) is 0.130. The van der Waals surface area contributed by atoms with Crippen LogP contribution in [0, 0.1) is 10.1 Å². The Kier molecular flexibility index (Phi) is 7.50. The standard InChI is InChI=1S/C27H26N6O2S/c1-31(2)22-11-5-19(6-12-22)17-25(21-9-15-24(16-10-21)33(34)35)26-29-30-27(36-26)28-18-20-7-13-23(14-8-20)32(3)4/h5-18H,1-4H3/b25-17-,28-18?. The molecule has 0 amide bonds. The normalized spacial score (nSPS) is 11.6. The van der Waals surface area contributed by atoms with E-state index < -0.39 is 4.92 Å². The molecule has 0 radical (unpaired) electrons. The summed E-state index contributed by atoms with van der Waals surface area (Å²) in [4.78, 5) is 19.3. The first-order valence-corrected chi connectivity index (χ1v) is 12.0. The highest BCUT2D eigenvalue weighted by Crippen LogP contribution is 2.32. The van der Waals surface area contributed by atoms with Crippen molar-refractivity contribution in [1.29, 1.82) is 0 Å². The number of hydrogen-bond acceptors (Lipinski definition) is 8. The van der Waals surface area contributed by atoms with E-state index in [1.165, 1.54) is 23.5 Å². The van der Waals surface area contributed by atoms with Crippen LogP contribution in [0.4, 0.5) is 22.2 Å². The Morgan fingerprint density at radius 1 is 0.833 bits per heavy atom. The second-order valence-corrected chi connectivity index (χ2v) is 9.44. The zero-order chi connectivity index (χ0) is 25.7. The minimum Gasteiger partial charge on any atom is -0.378 e. The third kappa shape index (κ3) is 6.00. The van der Waals surface area contributed by atoms with E-state index in [4.69, 9.17) is 0 Å². The zero-order valence-electron chi connectivity index (χ0n) is 20.5. The number of anilines is 2. The van der Waals surface area contributed by atoms with Gasteiger partial charge in [-0.1, -0.05) is 35.6 Å². The molecule has 0 fully saturated rings. The fraction of sp³-hybridized carbons (Fsp3) is 0.148. The van der Waals surface area contributed by atoms with Gasteiger partial charge in [-0.2, -0.15) is 0 Å². The third-order valence-corrected chi connectivity index (χ3v) is 6.35. The van der Waals surface area contributed by atoms with E-state index in [9.17, 15) is 10.1 Å². The van der Waals surface area contributed by atoms with Gasteiger partial charge in [0.15, 0.2) is 0 Å². The lowest BCUT2D eigenvalue weighted by Crippen LogP contribution is -2.08. The van der Waals surface area contributed by atoms with Crippen molar-refractivity contribution in [3.05, 3.63) is 105 Å². The largest absolute Gasteiger partial charge is 0.378 e. The van der Waals surface area contributed by atoms with E-state index in [0.717, 1.165) is 33.6 Å². The molecular weight excluding hydrogens is 472 g/mol. The van der Waals surface area contributed by atoms with E-state index in [1.54, 1.807) is 18.3 Å². The number of aliphatic imine (C=N–C) groups is 1. The molecule has 0 saturated heterocycles. The molecule has 4 aromatic rings. The maximum Gasteiger partial charge on any atom is 0.269 e. The highest BCUT2D eigenvalue weighted by Gasteiger charge is 2.14. The van der Waals surface area contributed by atoms with E-state index in [1.807, 2.05) is 92.6 Å². The maximum atomic E-state index is 11.1. The van der Waals surface area contributed by atoms with Crippen molar-refractivity contribution in [3.63, 3.8) is 0 Å². The van der Waals surface area contributed by atoms with Gasteiger partial charge in [0, 0.05) is 63.5 Å². The molecule has 182 valence electrons. The van der Waals surface area contributed by atoms with Crippen LogP contribution in [0.15, 0.2) is 77.8 Å². The Labute approximate surface area is 214 Å². The van der Waals surface area contributed by atoms with Crippen LogP contribution in [-0.2, 0) is 0 Å². The number of rotatable bonds is 8. The summed E-state index contributed by atoms with van der Waals surface area (Å²) < 4.78 is 0. The molecule has 9 heteroatoms. The zero-order valence-corrected chi connectivity index (χ0v) is 21.3. The lowest BCUT2D eigenvalue weighted by Gasteiger charge is -2.12. The molecule has 0 aliphatic carbocycles. The van der Waals surface area contributed by atoms with Gasteiger partial charge >= 0.3 is 0 Å². The smallest absolute Gasteiger partial charge is 0.269 e. The van der Waals surface area contributed by atoms with Gasteiger partial charge in [-0.05, 0) is 59.2 Å². The first-order chi connectivity index (χ1) is 17.3. The van der Waals surface area contributed by atoms with Crippen molar-refractivity contribution in [3.8, 4) is 0 Å². The van der Waals surface area contributed by atoms with Crippen LogP contribution in [0.2, 0.25) is 0 Å². The third-order valence-electron chi connectivity index (χ3n) is 5.49. The lowest BCUT2D eigenvalue weighted by atomic mass is 10.0. The van der Waals surface area contributed by atoms with Crippen molar-refractivity contribution >= 4 is 51.4 Å². The summed E-state index contributed by atoms with van der Waals surface area (Å²) in [5, 5.41) is 21.0. The molecule has 4 rings (SSSR count). The molecule has 3 aromatic carbocycles. The molecule has 0 atom stereocenters. The van der Waals surface area contributed by atoms with Gasteiger partial charge in [0.05, 0.1) is 4.92 Å². The van der Waals surface area contributed by atoms with Gasteiger partial charge in [-0.15, -0.1) is 10.2 Å². The second-order valence-electron chi connectivity index (χ2n) is 8.48. The highest BCUT2D eigenvalue weighted by atomic mass is 32.1. The predicted octanol–water partition coefficient (Wildman–Crippen LogP) is 5.92. The van der Waals surface area contributed by atoms with E-state index in [-0.39, 0.29) is 5.69 Å². The number of hydrogen-bond donors (Lipinski definition) is 0. The van der Waals surface area contributed by atoms with Crippen LogP contribution < -0.4 is 9.80 Å². The highest BCUT2D eigenvalue weighted by molar-refractivity contribution is 7.16. The first-order valence-electron chi connectivity index (χ1n) is 11.2. The van der Waals surface area contributed by atoms with Crippen LogP contribution in [-0.4, -0.2) is 49.5 Å². The summed E-state index contributed by atoms with van der Waals surface area (Å²) in [6.07, 6.45) is 3.77. The van der Waals surface area contributed by atoms with E-state index in [0.29, 0.717) is 10.1 Å². The van der Waals surface area contributed by atoms with Gasteiger partial charge < -0.3 is 9.80 Å². The number of nitrogens with zero attached hydrogens (tertiary/aromatic N) is 6. The van der Waals surface area contributed by atoms with Crippen LogP contribution in [0.5, 0.6) is 0 Å². The summed E-state index contributed by atoms with van der Waals surface area (Å²) in [6.45, 7) is 0. The fourth-order valence-corrected chi connectivity index (χ4v) is 4.16. The number of non-ortho nitro benzene ring substituents is 1. The van der Waals surface area contributed by atoms with Gasteiger partial charge in [0.25, 0.3) is 5.69 Å². The van der Waals surface area contributed by atoms with Gasteiger partial charge in [0.1, 0.15) is 5.01 Å². The summed E-state index contributed by atoms with van der Waals surface area (Å²) >= 11 is 1.36. The Morgan fingerprint density at radius 3 is 1.92 bits per heavy atom. The molecule has 0 saturated carbocycles. The SMILES string of the molecule is CN(C)c1ccc(C=Nc2nnc(/C(=C\c3ccc(N(C)C)cc3)c3ccc([N+](=O)[O-])cc3)s2)cc1. The second kappa shape index (κ2) is 10.9. The molecule has 1 heterocycles. The van der Waals surface area contributed by atoms with E-state index in [2.05, 4.69) is 15.2 Å². The predicted molar refractivity (Wildman–Crippen MR) is 149 cm³/mol. The molecule has 0 spiro atoms. The lowest BCUT2D eigenvalue weighted by molar-refractivity contribution is -0.384. The topological polar surface area (TPSA) is 87.8 Å². The molecule has 0 aliphatic rings. The van der Waals surface area contributed by atoms with E-state index >= 15 is 0 Å². The van der Waals surface area contributed by atoms with Crippen molar-refractivity contribution in [1.82, 2.24) is 10.2 Å². The summed E-state index contributed by atoms with van der Waals surface area (Å²) in [6, 6.07) is 22.6. The molecule has 0 unspecified atom stereocenters. The minimum atomic E-state index is -0.407. The van der Waals surface area contributed by atoms with Crippen LogP contribution in [0.3, 0.4) is 0 Å². The monoisotopic (exact) mass is 498 g/mol. The average Bonchev–Trinajstić information content (AvgIpc) is 3.35. The van der Waals surface area contributed by atoms with Gasteiger partial charge in [-0.25, -0.2) is 4.99 Å². The average molecular weight is 499 g/mol. The minimum absolute atomic E-state index is 0.0382.